The molecule has 1 amide bonds. The van der Waals surface area contributed by atoms with Gasteiger partial charge in [-0.25, -0.2) is 0 Å². The predicted octanol–water partition coefficient (Wildman–Crippen LogP) is 3.92. The van der Waals surface area contributed by atoms with E-state index in [0.717, 1.165) is 22.6 Å². The molecule has 0 unspecified atom stereocenters. The number of hydrogen-bond acceptors (Lipinski definition) is 6. The van der Waals surface area contributed by atoms with Gasteiger partial charge in [-0.15, -0.1) is 11.8 Å². The van der Waals surface area contributed by atoms with Crippen molar-refractivity contribution >= 4 is 17.7 Å². The van der Waals surface area contributed by atoms with Crippen LogP contribution in [0.4, 0.5) is 0 Å². The number of thioether (sulfide) groups is 1. The number of carbonyl (C=O) groups excluding carboxylic acids is 1. The van der Waals surface area contributed by atoms with Crippen LogP contribution in [0.25, 0.3) is 0 Å². The number of para-hydroxylation sites is 1. The monoisotopic (exact) mass is 381 g/mol. The summed E-state index contributed by atoms with van der Waals surface area (Å²) in [6, 6.07) is 15.3. The van der Waals surface area contributed by atoms with E-state index in [0.29, 0.717) is 29.6 Å². The second-order valence-corrected chi connectivity index (χ2v) is 7.23. The summed E-state index contributed by atoms with van der Waals surface area (Å²) in [4.78, 5) is 18.0. The molecular weight excluding hydrogens is 362 g/mol. The summed E-state index contributed by atoms with van der Waals surface area (Å²) in [5.41, 5.74) is 1.66. The maximum absolute atomic E-state index is 12.9. The zero-order valence-corrected chi connectivity index (χ0v) is 15.7. The fourth-order valence-electron chi connectivity index (χ4n) is 3.05. The lowest BCUT2D eigenvalue weighted by atomic mass is 10.00. The molecule has 1 aromatic heterocycles. The molecular formula is C20H19N3O3S. The van der Waals surface area contributed by atoms with Crippen molar-refractivity contribution in [3.05, 3.63) is 71.4 Å². The van der Waals surface area contributed by atoms with Crippen LogP contribution in [0.2, 0.25) is 0 Å². The van der Waals surface area contributed by atoms with E-state index >= 15 is 0 Å². The Hall–Kier alpha value is -2.80. The second-order valence-electron chi connectivity index (χ2n) is 6.22. The summed E-state index contributed by atoms with van der Waals surface area (Å²) >= 11 is 1.52. The van der Waals surface area contributed by atoms with E-state index < -0.39 is 0 Å². The number of aryl methyl sites for hydroxylation is 1. The molecule has 7 heteroatoms. The number of hydrogen-bond donors (Lipinski definition) is 1. The average Bonchev–Trinajstić information content (AvgIpc) is 3.12. The summed E-state index contributed by atoms with van der Waals surface area (Å²) in [6.07, 6.45) is 0.750. The molecule has 27 heavy (non-hydrogen) atoms. The second kappa shape index (κ2) is 7.84. The van der Waals surface area contributed by atoms with Gasteiger partial charge in [0.1, 0.15) is 5.75 Å². The largest absolute Gasteiger partial charge is 0.493 e. The summed E-state index contributed by atoms with van der Waals surface area (Å²) in [5, 5.41) is 7.05. The van der Waals surface area contributed by atoms with E-state index in [1.54, 1.807) is 6.92 Å². The van der Waals surface area contributed by atoms with Gasteiger partial charge in [-0.3, -0.25) is 4.79 Å². The average molecular weight is 381 g/mol. The zero-order valence-electron chi connectivity index (χ0n) is 14.8. The van der Waals surface area contributed by atoms with Crippen molar-refractivity contribution in [2.75, 3.05) is 6.61 Å². The minimum atomic E-state index is -0.0934. The van der Waals surface area contributed by atoms with Crippen LogP contribution in [0, 0.1) is 6.92 Å². The fourth-order valence-corrected chi connectivity index (χ4v) is 3.94. The molecule has 0 saturated heterocycles. The smallest absolute Gasteiger partial charge is 0.252 e. The quantitative estimate of drug-likeness (QED) is 0.675. The Morgan fingerprint density at radius 1 is 1.22 bits per heavy atom. The molecule has 1 aliphatic rings. The molecule has 0 fully saturated rings. The SMILES string of the molecule is Cc1nc(CSc2ccccc2C(=O)N[C@@H]2CCOc3ccccc32)no1. The Labute approximate surface area is 161 Å². The van der Waals surface area contributed by atoms with E-state index in [2.05, 4.69) is 15.5 Å². The number of nitrogens with one attached hydrogen (secondary N) is 1. The highest BCUT2D eigenvalue weighted by molar-refractivity contribution is 7.98. The molecule has 0 aliphatic carbocycles. The summed E-state index contributed by atoms with van der Waals surface area (Å²) in [7, 11) is 0. The summed E-state index contributed by atoms with van der Waals surface area (Å²) in [6.45, 7) is 2.35. The van der Waals surface area contributed by atoms with Gasteiger partial charge in [0.25, 0.3) is 5.91 Å². The lowest BCUT2D eigenvalue weighted by molar-refractivity contribution is 0.0922. The van der Waals surface area contributed by atoms with Crippen LogP contribution < -0.4 is 10.1 Å². The molecule has 0 bridgehead atoms. The van der Waals surface area contributed by atoms with Crippen molar-refractivity contribution in [1.29, 1.82) is 0 Å². The van der Waals surface area contributed by atoms with Gasteiger partial charge in [-0.2, -0.15) is 4.98 Å². The predicted molar refractivity (Wildman–Crippen MR) is 102 cm³/mol. The van der Waals surface area contributed by atoms with Gasteiger partial charge in [0, 0.05) is 23.8 Å². The van der Waals surface area contributed by atoms with Crippen molar-refractivity contribution in [2.24, 2.45) is 0 Å². The maximum atomic E-state index is 12.9. The zero-order chi connectivity index (χ0) is 18.6. The molecule has 0 saturated carbocycles. The van der Waals surface area contributed by atoms with Crippen molar-refractivity contribution < 1.29 is 14.1 Å². The number of amides is 1. The third-order valence-corrected chi connectivity index (χ3v) is 5.39. The number of fused-ring (bicyclic) bond motifs is 1. The first-order valence-corrected chi connectivity index (χ1v) is 9.73. The first-order chi connectivity index (χ1) is 13.2. The van der Waals surface area contributed by atoms with Crippen LogP contribution in [0.3, 0.4) is 0 Å². The Bertz CT molecular complexity index is 957. The highest BCUT2D eigenvalue weighted by Gasteiger charge is 2.24. The van der Waals surface area contributed by atoms with Crippen molar-refractivity contribution in [1.82, 2.24) is 15.5 Å². The minimum absolute atomic E-state index is 0.0552. The van der Waals surface area contributed by atoms with Gasteiger partial charge in [0.05, 0.1) is 24.0 Å². The van der Waals surface area contributed by atoms with Crippen LogP contribution in [0.1, 0.15) is 40.1 Å². The number of ether oxygens (including phenoxy) is 1. The highest BCUT2D eigenvalue weighted by atomic mass is 32.2. The molecule has 1 aliphatic heterocycles. The van der Waals surface area contributed by atoms with Crippen LogP contribution in [-0.2, 0) is 5.75 Å². The van der Waals surface area contributed by atoms with Gasteiger partial charge >= 0.3 is 0 Å². The molecule has 6 nitrogen and oxygen atoms in total. The lowest BCUT2D eigenvalue weighted by Gasteiger charge is -2.26. The molecule has 2 heterocycles. The highest BCUT2D eigenvalue weighted by Crippen LogP contribution is 2.32. The Kier molecular flexibility index (Phi) is 5.11. The van der Waals surface area contributed by atoms with Gasteiger partial charge in [0.15, 0.2) is 5.82 Å². The number of benzene rings is 2. The number of nitrogens with zero attached hydrogens (tertiary/aromatic N) is 2. The molecule has 0 spiro atoms. The Morgan fingerprint density at radius 3 is 2.89 bits per heavy atom. The minimum Gasteiger partial charge on any atom is -0.493 e. The lowest BCUT2D eigenvalue weighted by Crippen LogP contribution is -2.32. The molecule has 1 N–H and O–H groups in total. The first kappa shape index (κ1) is 17.6. The van der Waals surface area contributed by atoms with Crippen LogP contribution >= 0.6 is 11.8 Å². The maximum Gasteiger partial charge on any atom is 0.252 e. The summed E-state index contributed by atoms with van der Waals surface area (Å²) < 4.78 is 10.7. The third kappa shape index (κ3) is 3.98. The van der Waals surface area contributed by atoms with E-state index in [9.17, 15) is 4.79 Å². The third-order valence-electron chi connectivity index (χ3n) is 4.32. The number of aromatic nitrogens is 2. The number of carbonyl (C=O) groups is 1. The van der Waals surface area contributed by atoms with Gasteiger partial charge in [-0.1, -0.05) is 35.5 Å². The van der Waals surface area contributed by atoms with E-state index in [1.807, 2.05) is 48.5 Å². The van der Waals surface area contributed by atoms with Gasteiger partial charge in [-0.05, 0) is 18.2 Å². The molecule has 4 rings (SSSR count). The summed E-state index contributed by atoms with van der Waals surface area (Å²) in [5.74, 6) is 2.44. The normalized spacial score (nSPS) is 15.7. The van der Waals surface area contributed by atoms with Crippen LogP contribution in [-0.4, -0.2) is 22.7 Å². The van der Waals surface area contributed by atoms with Crippen molar-refractivity contribution in [3.63, 3.8) is 0 Å². The van der Waals surface area contributed by atoms with Crippen LogP contribution in [0.5, 0.6) is 5.75 Å². The topological polar surface area (TPSA) is 77.2 Å². The first-order valence-electron chi connectivity index (χ1n) is 8.74. The Balaban J connectivity index is 1.49. The van der Waals surface area contributed by atoms with Crippen molar-refractivity contribution in [2.45, 2.75) is 30.0 Å². The number of rotatable bonds is 5. The molecule has 3 aromatic rings. The molecule has 0 radical (unpaired) electrons. The fraction of sp³-hybridized carbons (Fsp3) is 0.250. The molecule has 138 valence electrons. The van der Waals surface area contributed by atoms with Gasteiger partial charge < -0.3 is 14.6 Å². The van der Waals surface area contributed by atoms with E-state index in [1.165, 1.54) is 11.8 Å². The van der Waals surface area contributed by atoms with E-state index in [-0.39, 0.29) is 11.9 Å². The standard InChI is InChI=1S/C20H19N3O3S/c1-13-21-19(23-26-13)12-27-18-9-5-3-7-15(18)20(24)22-16-10-11-25-17-8-4-2-6-14(16)17/h2-9,16H,10-12H2,1H3,(H,22,24)/t16-/m1/s1. The Morgan fingerprint density at radius 2 is 2.04 bits per heavy atom. The van der Waals surface area contributed by atoms with Crippen molar-refractivity contribution in [3.8, 4) is 5.75 Å². The van der Waals surface area contributed by atoms with E-state index in [4.69, 9.17) is 9.26 Å². The van der Waals surface area contributed by atoms with Gasteiger partial charge in [0.2, 0.25) is 5.89 Å². The van der Waals surface area contributed by atoms with Crippen LogP contribution in [0.15, 0.2) is 57.9 Å². The molecule has 2 aromatic carbocycles. The molecule has 1 atom stereocenters.